The van der Waals surface area contributed by atoms with Gasteiger partial charge in [0.1, 0.15) is 6.61 Å². The largest absolute Gasteiger partial charge is 0.490 e. The lowest BCUT2D eigenvalue weighted by Crippen LogP contribution is -2.23. The Labute approximate surface area is 176 Å². The number of rotatable bonds is 8. The maximum absolute atomic E-state index is 5.92. The number of hydrogen-bond acceptors (Lipinski definition) is 4. The molecule has 0 amide bonds. The Morgan fingerprint density at radius 2 is 1.66 bits per heavy atom. The molecular weight excluding hydrogens is 382 g/mol. The minimum atomic E-state index is 0.417. The van der Waals surface area contributed by atoms with Crippen LogP contribution in [0.4, 0.5) is 5.69 Å². The van der Waals surface area contributed by atoms with Crippen LogP contribution in [0.25, 0.3) is 0 Å². The minimum absolute atomic E-state index is 0.417. The van der Waals surface area contributed by atoms with Gasteiger partial charge in [0.25, 0.3) is 0 Å². The Bertz CT molecular complexity index is 947. The third-order valence-corrected chi connectivity index (χ3v) is 4.11. The van der Waals surface area contributed by atoms with Gasteiger partial charge in [-0.15, -0.1) is 0 Å². The molecule has 2 N–H and O–H groups in total. The van der Waals surface area contributed by atoms with Gasteiger partial charge in [0.15, 0.2) is 16.6 Å². The molecule has 0 fully saturated rings. The summed E-state index contributed by atoms with van der Waals surface area (Å²) < 4.78 is 11.7. The first-order valence-electron chi connectivity index (χ1n) is 9.33. The van der Waals surface area contributed by atoms with Gasteiger partial charge >= 0.3 is 0 Å². The molecule has 0 unspecified atom stereocenters. The first-order chi connectivity index (χ1) is 14.2. The second kappa shape index (κ2) is 10.8. The molecule has 3 aromatic rings. The van der Waals surface area contributed by atoms with Crippen molar-refractivity contribution in [1.82, 2.24) is 5.43 Å². The lowest BCUT2D eigenvalue weighted by Gasteiger charge is -2.12. The smallest absolute Gasteiger partial charge is 0.191 e. The zero-order valence-electron chi connectivity index (χ0n) is 16.2. The van der Waals surface area contributed by atoms with Gasteiger partial charge in [0.2, 0.25) is 0 Å². The van der Waals surface area contributed by atoms with E-state index < -0.39 is 0 Å². The lowest BCUT2D eigenvalue weighted by atomic mass is 10.2. The molecule has 0 aliphatic heterocycles. The molecule has 3 aromatic carbocycles. The predicted molar refractivity (Wildman–Crippen MR) is 122 cm³/mol. The van der Waals surface area contributed by atoms with Crippen molar-refractivity contribution in [3.8, 4) is 11.5 Å². The van der Waals surface area contributed by atoms with E-state index in [9.17, 15) is 0 Å². The van der Waals surface area contributed by atoms with Crippen LogP contribution in [-0.4, -0.2) is 17.9 Å². The van der Waals surface area contributed by atoms with Gasteiger partial charge in [0.05, 0.1) is 12.8 Å². The fourth-order valence-electron chi connectivity index (χ4n) is 2.57. The van der Waals surface area contributed by atoms with Crippen molar-refractivity contribution in [2.75, 3.05) is 11.9 Å². The fraction of sp³-hybridized carbons (Fsp3) is 0.130. The van der Waals surface area contributed by atoms with Crippen molar-refractivity contribution >= 4 is 29.2 Å². The maximum atomic E-state index is 5.92. The van der Waals surface area contributed by atoms with Crippen LogP contribution in [0.1, 0.15) is 18.1 Å². The number of hydrogen-bond donors (Lipinski definition) is 2. The second-order valence-electron chi connectivity index (χ2n) is 6.10. The van der Waals surface area contributed by atoms with Crippen LogP contribution in [0.2, 0.25) is 0 Å². The average Bonchev–Trinajstić information content (AvgIpc) is 2.75. The third kappa shape index (κ3) is 6.62. The number of thiocarbonyl (C=S) groups is 1. The SMILES string of the molecule is CCOc1cc(/C=N/NC(=S)Nc2ccccc2)ccc1OCc1ccccc1. The van der Waals surface area contributed by atoms with E-state index in [4.69, 9.17) is 21.7 Å². The van der Waals surface area contributed by atoms with Crippen LogP contribution < -0.4 is 20.2 Å². The highest BCUT2D eigenvalue weighted by atomic mass is 32.1. The van der Waals surface area contributed by atoms with Crippen LogP contribution in [-0.2, 0) is 6.61 Å². The van der Waals surface area contributed by atoms with E-state index in [0.29, 0.717) is 29.8 Å². The maximum Gasteiger partial charge on any atom is 0.191 e. The number of nitrogens with zero attached hydrogens (tertiary/aromatic N) is 1. The van der Waals surface area contributed by atoms with Crippen molar-refractivity contribution in [1.29, 1.82) is 0 Å². The molecule has 29 heavy (non-hydrogen) atoms. The van der Waals surface area contributed by atoms with E-state index >= 15 is 0 Å². The number of ether oxygens (including phenoxy) is 2. The summed E-state index contributed by atoms with van der Waals surface area (Å²) in [5.41, 5.74) is 5.68. The number of para-hydroxylation sites is 1. The molecule has 5 nitrogen and oxygen atoms in total. The molecule has 0 aliphatic rings. The van der Waals surface area contributed by atoms with Gasteiger partial charge in [-0.05, 0) is 60.6 Å². The highest BCUT2D eigenvalue weighted by Gasteiger charge is 2.06. The first kappa shape index (κ1) is 20.4. The molecule has 3 rings (SSSR count). The highest BCUT2D eigenvalue weighted by Crippen LogP contribution is 2.28. The van der Waals surface area contributed by atoms with E-state index in [0.717, 1.165) is 16.8 Å². The molecule has 0 atom stereocenters. The van der Waals surface area contributed by atoms with Crippen molar-refractivity contribution in [2.45, 2.75) is 13.5 Å². The monoisotopic (exact) mass is 405 g/mol. The minimum Gasteiger partial charge on any atom is -0.490 e. The van der Waals surface area contributed by atoms with E-state index in [1.165, 1.54) is 0 Å². The Kier molecular flexibility index (Phi) is 7.60. The van der Waals surface area contributed by atoms with Crippen molar-refractivity contribution < 1.29 is 9.47 Å². The number of nitrogens with one attached hydrogen (secondary N) is 2. The van der Waals surface area contributed by atoms with Crippen LogP contribution in [0.15, 0.2) is 84.0 Å². The fourth-order valence-corrected chi connectivity index (χ4v) is 2.74. The zero-order chi connectivity index (χ0) is 20.3. The summed E-state index contributed by atoms with van der Waals surface area (Å²) in [6, 6.07) is 25.4. The second-order valence-corrected chi connectivity index (χ2v) is 6.51. The zero-order valence-corrected chi connectivity index (χ0v) is 17.0. The molecule has 0 radical (unpaired) electrons. The molecule has 0 saturated carbocycles. The Hall–Kier alpha value is -3.38. The molecule has 6 heteroatoms. The molecule has 0 aliphatic carbocycles. The van der Waals surface area contributed by atoms with Crippen LogP contribution in [0, 0.1) is 0 Å². The predicted octanol–water partition coefficient (Wildman–Crippen LogP) is 4.98. The van der Waals surface area contributed by atoms with Gasteiger partial charge in [0, 0.05) is 5.69 Å². The van der Waals surface area contributed by atoms with E-state index in [1.807, 2.05) is 85.8 Å². The lowest BCUT2D eigenvalue weighted by molar-refractivity contribution is 0.269. The van der Waals surface area contributed by atoms with E-state index in [1.54, 1.807) is 6.21 Å². The molecule has 0 spiro atoms. The van der Waals surface area contributed by atoms with E-state index in [-0.39, 0.29) is 0 Å². The summed E-state index contributed by atoms with van der Waals surface area (Å²) >= 11 is 5.24. The summed E-state index contributed by atoms with van der Waals surface area (Å²) in [6.45, 7) is 2.97. The summed E-state index contributed by atoms with van der Waals surface area (Å²) in [5.74, 6) is 1.37. The summed E-state index contributed by atoms with van der Waals surface area (Å²) in [4.78, 5) is 0. The molecule has 0 heterocycles. The normalized spacial score (nSPS) is 10.5. The summed E-state index contributed by atoms with van der Waals surface area (Å²) in [5, 5.41) is 7.67. The van der Waals surface area contributed by atoms with Gasteiger partial charge in [-0.25, -0.2) is 0 Å². The van der Waals surface area contributed by atoms with Crippen molar-refractivity contribution in [2.24, 2.45) is 5.10 Å². The van der Waals surface area contributed by atoms with Crippen LogP contribution in [0.3, 0.4) is 0 Å². The van der Waals surface area contributed by atoms with Crippen LogP contribution in [0.5, 0.6) is 11.5 Å². The number of benzene rings is 3. The topological polar surface area (TPSA) is 54.9 Å². The van der Waals surface area contributed by atoms with Crippen LogP contribution >= 0.6 is 12.2 Å². The molecule has 148 valence electrons. The quantitative estimate of drug-likeness (QED) is 0.314. The molecular formula is C23H23N3O2S. The van der Waals surface area contributed by atoms with Gasteiger partial charge < -0.3 is 14.8 Å². The Balaban J connectivity index is 1.59. The van der Waals surface area contributed by atoms with Gasteiger partial charge in [-0.2, -0.15) is 5.10 Å². The average molecular weight is 406 g/mol. The first-order valence-corrected chi connectivity index (χ1v) is 9.74. The standard InChI is InChI=1S/C23H23N3O2S/c1-2-27-22-15-19(13-14-21(22)28-17-18-9-5-3-6-10-18)16-24-26-23(29)25-20-11-7-4-8-12-20/h3-16H,2,17H2,1H3,(H2,25,26,29)/b24-16+. The number of hydrazone groups is 1. The molecule has 0 saturated heterocycles. The Morgan fingerprint density at radius 1 is 0.931 bits per heavy atom. The summed E-state index contributed by atoms with van der Waals surface area (Å²) in [6.07, 6.45) is 1.68. The molecule has 0 bridgehead atoms. The summed E-state index contributed by atoms with van der Waals surface area (Å²) in [7, 11) is 0. The number of anilines is 1. The molecule has 0 aromatic heterocycles. The Morgan fingerprint density at radius 3 is 2.38 bits per heavy atom. The van der Waals surface area contributed by atoms with Gasteiger partial charge in [-0.1, -0.05) is 48.5 Å². The third-order valence-electron chi connectivity index (χ3n) is 3.92. The van der Waals surface area contributed by atoms with Gasteiger partial charge in [-0.3, -0.25) is 5.43 Å². The van der Waals surface area contributed by atoms with E-state index in [2.05, 4.69) is 15.8 Å². The highest BCUT2D eigenvalue weighted by molar-refractivity contribution is 7.80. The van der Waals surface area contributed by atoms with Crippen molar-refractivity contribution in [3.05, 3.63) is 90.0 Å². The van der Waals surface area contributed by atoms with Crippen molar-refractivity contribution in [3.63, 3.8) is 0 Å².